The molecule has 5 nitrogen and oxygen atoms in total. The number of amides is 1. The van der Waals surface area contributed by atoms with Crippen molar-refractivity contribution in [3.63, 3.8) is 0 Å². The van der Waals surface area contributed by atoms with E-state index in [1.54, 1.807) is 11.9 Å². The second-order valence-electron chi connectivity index (χ2n) is 5.79. The highest BCUT2D eigenvalue weighted by atomic mass is 16.3. The molecule has 2 atom stereocenters. The topological polar surface area (TPSA) is 56.9 Å². The van der Waals surface area contributed by atoms with Gasteiger partial charge in [-0.05, 0) is 44.9 Å². The Kier molecular flexibility index (Phi) is 4.83. The fourth-order valence-corrected chi connectivity index (χ4v) is 2.60. The molecule has 1 N–H and O–H groups in total. The lowest BCUT2D eigenvalue weighted by atomic mass is 10.0. The van der Waals surface area contributed by atoms with Crippen LogP contribution in [0.2, 0.25) is 0 Å². The Morgan fingerprint density at radius 2 is 2.35 bits per heavy atom. The Morgan fingerprint density at radius 3 is 2.90 bits per heavy atom. The Labute approximate surface area is 120 Å². The van der Waals surface area contributed by atoms with Crippen LogP contribution < -0.4 is 0 Å². The standard InChI is InChI=1S/C15H24N2O3/c1-11-4-5-14(20-11)9-16(3)15(19)10-17-7-6-13(8-17)12(2)18/h4-5,12-13,18H,6-10H2,1-3H3. The van der Waals surface area contributed by atoms with Crippen molar-refractivity contribution in [2.75, 3.05) is 26.7 Å². The minimum atomic E-state index is -0.293. The molecule has 2 unspecified atom stereocenters. The van der Waals surface area contributed by atoms with Gasteiger partial charge in [-0.2, -0.15) is 0 Å². The number of nitrogens with zero attached hydrogens (tertiary/aromatic N) is 2. The van der Waals surface area contributed by atoms with Crippen LogP contribution in [-0.4, -0.2) is 53.6 Å². The van der Waals surface area contributed by atoms with Crippen LogP contribution in [-0.2, 0) is 11.3 Å². The Balaban J connectivity index is 1.80. The van der Waals surface area contributed by atoms with Gasteiger partial charge >= 0.3 is 0 Å². The molecule has 1 saturated heterocycles. The van der Waals surface area contributed by atoms with Crippen LogP contribution in [0.3, 0.4) is 0 Å². The first-order chi connectivity index (χ1) is 9.45. The minimum absolute atomic E-state index is 0.0882. The molecule has 0 aliphatic carbocycles. The molecule has 112 valence electrons. The van der Waals surface area contributed by atoms with Gasteiger partial charge < -0.3 is 14.4 Å². The van der Waals surface area contributed by atoms with Gasteiger partial charge in [0.15, 0.2) is 0 Å². The van der Waals surface area contributed by atoms with Crippen molar-refractivity contribution in [1.29, 1.82) is 0 Å². The van der Waals surface area contributed by atoms with Crippen LogP contribution in [0.1, 0.15) is 24.9 Å². The molecule has 1 aromatic heterocycles. The van der Waals surface area contributed by atoms with Crippen molar-refractivity contribution in [3.05, 3.63) is 23.7 Å². The lowest BCUT2D eigenvalue weighted by Crippen LogP contribution is -2.37. The van der Waals surface area contributed by atoms with E-state index in [1.807, 2.05) is 26.0 Å². The maximum Gasteiger partial charge on any atom is 0.236 e. The van der Waals surface area contributed by atoms with Gasteiger partial charge in [0.2, 0.25) is 5.91 Å². The number of likely N-dealkylation sites (tertiary alicyclic amines) is 1. The van der Waals surface area contributed by atoms with Crippen molar-refractivity contribution in [1.82, 2.24) is 9.80 Å². The number of rotatable bonds is 5. The molecule has 0 bridgehead atoms. The van der Waals surface area contributed by atoms with Crippen LogP contribution in [0.5, 0.6) is 0 Å². The predicted molar refractivity (Wildman–Crippen MR) is 76.1 cm³/mol. The summed E-state index contributed by atoms with van der Waals surface area (Å²) in [6.07, 6.45) is 0.672. The van der Waals surface area contributed by atoms with Gasteiger partial charge in [0.1, 0.15) is 11.5 Å². The fourth-order valence-electron chi connectivity index (χ4n) is 2.60. The molecule has 1 amide bonds. The van der Waals surface area contributed by atoms with Crippen LogP contribution in [0.25, 0.3) is 0 Å². The number of furan rings is 1. The molecule has 1 aliphatic rings. The monoisotopic (exact) mass is 280 g/mol. The van der Waals surface area contributed by atoms with E-state index in [0.717, 1.165) is 31.0 Å². The van der Waals surface area contributed by atoms with Crippen LogP contribution in [0.4, 0.5) is 0 Å². The van der Waals surface area contributed by atoms with Gasteiger partial charge in [0.25, 0.3) is 0 Å². The zero-order valence-electron chi connectivity index (χ0n) is 12.5. The maximum atomic E-state index is 12.2. The molecular weight excluding hydrogens is 256 g/mol. The molecule has 1 aliphatic heterocycles. The zero-order valence-corrected chi connectivity index (χ0v) is 12.5. The number of aliphatic hydroxyl groups is 1. The molecule has 0 spiro atoms. The van der Waals surface area contributed by atoms with Crippen molar-refractivity contribution >= 4 is 5.91 Å². The Bertz CT molecular complexity index is 456. The summed E-state index contributed by atoms with van der Waals surface area (Å²) in [6.45, 7) is 6.32. The van der Waals surface area contributed by atoms with E-state index in [-0.39, 0.29) is 12.0 Å². The third kappa shape index (κ3) is 3.84. The maximum absolute atomic E-state index is 12.2. The first kappa shape index (κ1) is 15.1. The second-order valence-corrected chi connectivity index (χ2v) is 5.79. The fraction of sp³-hybridized carbons (Fsp3) is 0.667. The summed E-state index contributed by atoms with van der Waals surface area (Å²) in [5, 5.41) is 9.58. The molecule has 0 saturated carbocycles. The van der Waals surface area contributed by atoms with Crippen molar-refractivity contribution in [3.8, 4) is 0 Å². The molecule has 1 fully saturated rings. The third-order valence-corrected chi connectivity index (χ3v) is 3.96. The van der Waals surface area contributed by atoms with Crippen LogP contribution in [0.15, 0.2) is 16.5 Å². The van der Waals surface area contributed by atoms with Gasteiger partial charge in [-0.15, -0.1) is 0 Å². The van der Waals surface area contributed by atoms with Crippen LogP contribution in [0, 0.1) is 12.8 Å². The van der Waals surface area contributed by atoms with Crippen molar-refractivity contribution in [2.24, 2.45) is 5.92 Å². The van der Waals surface area contributed by atoms with Gasteiger partial charge in [0, 0.05) is 13.6 Å². The van der Waals surface area contributed by atoms with Crippen molar-refractivity contribution < 1.29 is 14.3 Å². The van der Waals surface area contributed by atoms with E-state index < -0.39 is 0 Å². The van der Waals surface area contributed by atoms with E-state index in [0.29, 0.717) is 19.0 Å². The molecule has 5 heteroatoms. The van der Waals surface area contributed by atoms with Gasteiger partial charge in [-0.25, -0.2) is 0 Å². The highest BCUT2D eigenvalue weighted by Crippen LogP contribution is 2.19. The van der Waals surface area contributed by atoms with E-state index in [2.05, 4.69) is 4.90 Å². The van der Waals surface area contributed by atoms with Crippen LogP contribution >= 0.6 is 0 Å². The summed E-state index contributed by atoms with van der Waals surface area (Å²) in [4.78, 5) is 16.0. The van der Waals surface area contributed by atoms with Gasteiger partial charge in [-0.3, -0.25) is 9.69 Å². The predicted octanol–water partition coefficient (Wildman–Crippen LogP) is 1.25. The average Bonchev–Trinajstić information content (AvgIpc) is 2.98. The largest absolute Gasteiger partial charge is 0.464 e. The molecule has 2 heterocycles. The number of carbonyl (C=O) groups is 1. The summed E-state index contributed by atoms with van der Waals surface area (Å²) in [5.41, 5.74) is 0. The normalized spacial score (nSPS) is 21.1. The van der Waals surface area contributed by atoms with E-state index in [1.165, 1.54) is 0 Å². The van der Waals surface area contributed by atoms with Crippen molar-refractivity contribution in [2.45, 2.75) is 32.9 Å². The Morgan fingerprint density at radius 1 is 1.60 bits per heavy atom. The van der Waals surface area contributed by atoms with E-state index in [9.17, 15) is 9.90 Å². The SMILES string of the molecule is Cc1ccc(CN(C)C(=O)CN2CCC(C(C)O)C2)o1. The molecular formula is C15H24N2O3. The highest BCUT2D eigenvalue weighted by Gasteiger charge is 2.27. The summed E-state index contributed by atoms with van der Waals surface area (Å²) in [5.74, 6) is 2.05. The summed E-state index contributed by atoms with van der Waals surface area (Å²) >= 11 is 0. The number of likely N-dealkylation sites (N-methyl/N-ethyl adjacent to an activating group) is 1. The molecule has 20 heavy (non-hydrogen) atoms. The average molecular weight is 280 g/mol. The summed E-state index contributed by atoms with van der Waals surface area (Å²) in [7, 11) is 1.79. The Hall–Kier alpha value is -1.33. The summed E-state index contributed by atoms with van der Waals surface area (Å²) in [6, 6.07) is 3.81. The number of aliphatic hydroxyl groups excluding tert-OH is 1. The second kappa shape index (κ2) is 6.41. The third-order valence-electron chi connectivity index (χ3n) is 3.96. The van der Waals surface area contributed by atoms with Gasteiger partial charge in [-0.1, -0.05) is 0 Å². The number of aryl methyl sites for hydroxylation is 1. The smallest absolute Gasteiger partial charge is 0.236 e. The number of carbonyl (C=O) groups excluding carboxylic acids is 1. The molecule has 0 radical (unpaired) electrons. The quantitative estimate of drug-likeness (QED) is 0.882. The summed E-state index contributed by atoms with van der Waals surface area (Å²) < 4.78 is 5.48. The molecule has 0 aromatic carbocycles. The lowest BCUT2D eigenvalue weighted by molar-refractivity contribution is -0.131. The molecule has 1 aromatic rings. The zero-order chi connectivity index (χ0) is 14.7. The first-order valence-corrected chi connectivity index (χ1v) is 7.15. The first-order valence-electron chi connectivity index (χ1n) is 7.15. The minimum Gasteiger partial charge on any atom is -0.464 e. The van der Waals surface area contributed by atoms with Gasteiger partial charge in [0.05, 0.1) is 19.2 Å². The number of hydrogen-bond donors (Lipinski definition) is 1. The van der Waals surface area contributed by atoms with E-state index >= 15 is 0 Å². The van der Waals surface area contributed by atoms with E-state index in [4.69, 9.17) is 4.42 Å². The number of hydrogen-bond acceptors (Lipinski definition) is 4. The highest BCUT2D eigenvalue weighted by molar-refractivity contribution is 5.77. The molecule has 2 rings (SSSR count). The lowest BCUT2D eigenvalue weighted by Gasteiger charge is -2.21.